The molecule has 5 heteroatoms. The fourth-order valence-corrected chi connectivity index (χ4v) is 2.21. The molecule has 2 rings (SSSR count). The van der Waals surface area contributed by atoms with E-state index in [1.54, 1.807) is 0 Å². The lowest BCUT2D eigenvalue weighted by Crippen LogP contribution is -2.37. The van der Waals surface area contributed by atoms with Gasteiger partial charge in [-0.2, -0.15) is 0 Å². The summed E-state index contributed by atoms with van der Waals surface area (Å²) in [5, 5.41) is 2.86. The maximum absolute atomic E-state index is 12.9. The van der Waals surface area contributed by atoms with E-state index >= 15 is 0 Å². The normalized spacial score (nSPS) is 11.6. The average molecular weight is 331 g/mol. The van der Waals surface area contributed by atoms with Crippen LogP contribution < -0.4 is 14.8 Å². The van der Waals surface area contributed by atoms with Crippen LogP contribution in [0.4, 0.5) is 4.39 Å². The van der Waals surface area contributed by atoms with Gasteiger partial charge in [-0.05, 0) is 55.3 Å². The molecule has 128 valence electrons. The van der Waals surface area contributed by atoms with E-state index in [0.717, 1.165) is 11.3 Å². The molecule has 0 aliphatic carbocycles. The first-order valence-electron chi connectivity index (χ1n) is 8.04. The van der Waals surface area contributed by atoms with Crippen LogP contribution in [0.1, 0.15) is 25.8 Å². The Morgan fingerprint density at radius 1 is 1.12 bits per heavy atom. The molecule has 4 nitrogen and oxygen atoms in total. The van der Waals surface area contributed by atoms with Crippen LogP contribution in [-0.4, -0.2) is 18.6 Å². The number of amides is 1. The van der Waals surface area contributed by atoms with Gasteiger partial charge in [0.2, 0.25) is 0 Å². The molecule has 0 bridgehead atoms. The maximum Gasteiger partial charge on any atom is 0.261 e. The number of carbonyl (C=O) groups is 1. The van der Waals surface area contributed by atoms with E-state index in [1.807, 2.05) is 38.1 Å². The van der Waals surface area contributed by atoms with Gasteiger partial charge >= 0.3 is 0 Å². The van der Waals surface area contributed by atoms with Crippen molar-refractivity contribution >= 4 is 5.91 Å². The second-order valence-corrected chi connectivity index (χ2v) is 5.27. The molecule has 0 saturated heterocycles. The number of hydrogen-bond acceptors (Lipinski definition) is 3. The third kappa shape index (κ3) is 5.26. The monoisotopic (exact) mass is 331 g/mol. The summed E-state index contributed by atoms with van der Waals surface area (Å²) >= 11 is 0. The first kappa shape index (κ1) is 17.8. The summed E-state index contributed by atoms with van der Waals surface area (Å²) in [6, 6.07) is 13.2. The fourth-order valence-electron chi connectivity index (χ4n) is 2.21. The van der Waals surface area contributed by atoms with Gasteiger partial charge in [-0.15, -0.1) is 0 Å². The zero-order chi connectivity index (χ0) is 17.4. The lowest BCUT2D eigenvalue weighted by molar-refractivity contribution is -0.128. The van der Waals surface area contributed by atoms with E-state index < -0.39 is 6.10 Å². The standard InChI is InChI=1S/C19H22FNO3/c1-3-18(24-16-10-8-15(20)9-11-16)19(22)21-13-14-6-5-7-17(12-14)23-4-2/h5-12,18H,3-4,13H2,1-2H3,(H,21,22)/t18-/m1/s1. The molecule has 1 atom stereocenters. The Morgan fingerprint density at radius 2 is 1.88 bits per heavy atom. The quantitative estimate of drug-likeness (QED) is 0.802. The molecule has 1 amide bonds. The Labute approximate surface area is 141 Å². The Bertz CT molecular complexity index is 658. The van der Waals surface area contributed by atoms with Gasteiger partial charge < -0.3 is 14.8 Å². The molecule has 0 aliphatic heterocycles. The molecule has 0 radical (unpaired) electrons. The number of ether oxygens (including phenoxy) is 2. The second-order valence-electron chi connectivity index (χ2n) is 5.27. The van der Waals surface area contributed by atoms with E-state index in [-0.39, 0.29) is 11.7 Å². The first-order valence-corrected chi connectivity index (χ1v) is 8.04. The van der Waals surface area contributed by atoms with Crippen LogP contribution in [0.15, 0.2) is 48.5 Å². The van der Waals surface area contributed by atoms with Crippen LogP contribution in [0.2, 0.25) is 0 Å². The predicted octanol–water partition coefficient (Wildman–Crippen LogP) is 3.70. The smallest absolute Gasteiger partial charge is 0.261 e. The van der Waals surface area contributed by atoms with Gasteiger partial charge in [0.1, 0.15) is 17.3 Å². The second kappa shape index (κ2) is 8.91. The van der Waals surface area contributed by atoms with Gasteiger partial charge in [0.15, 0.2) is 6.10 Å². The van der Waals surface area contributed by atoms with Crippen LogP contribution >= 0.6 is 0 Å². The van der Waals surface area contributed by atoms with Crippen molar-refractivity contribution in [1.82, 2.24) is 5.32 Å². The topological polar surface area (TPSA) is 47.6 Å². The number of benzene rings is 2. The predicted molar refractivity (Wildman–Crippen MR) is 90.6 cm³/mol. The average Bonchev–Trinajstić information content (AvgIpc) is 2.60. The number of halogens is 1. The van der Waals surface area contributed by atoms with E-state index in [2.05, 4.69) is 5.32 Å². The zero-order valence-electron chi connectivity index (χ0n) is 13.9. The molecular weight excluding hydrogens is 309 g/mol. The van der Waals surface area contributed by atoms with E-state index in [4.69, 9.17) is 9.47 Å². The highest BCUT2D eigenvalue weighted by Crippen LogP contribution is 2.15. The van der Waals surface area contributed by atoms with Crippen LogP contribution in [0.5, 0.6) is 11.5 Å². The summed E-state index contributed by atoms with van der Waals surface area (Å²) < 4.78 is 24.0. The minimum absolute atomic E-state index is 0.205. The molecule has 24 heavy (non-hydrogen) atoms. The number of carbonyl (C=O) groups excluding carboxylic acids is 1. The fraction of sp³-hybridized carbons (Fsp3) is 0.316. The highest BCUT2D eigenvalue weighted by molar-refractivity contribution is 5.81. The molecular formula is C19H22FNO3. The molecule has 0 unspecified atom stereocenters. The first-order chi connectivity index (χ1) is 11.6. The Morgan fingerprint density at radius 3 is 2.54 bits per heavy atom. The van der Waals surface area contributed by atoms with Gasteiger partial charge in [-0.1, -0.05) is 19.1 Å². The molecule has 2 aromatic carbocycles. The van der Waals surface area contributed by atoms with Crippen molar-refractivity contribution in [3.05, 3.63) is 59.9 Å². The SMILES string of the molecule is CCOc1cccc(CNC(=O)[C@@H](CC)Oc2ccc(F)cc2)c1. The summed E-state index contributed by atoms with van der Waals surface area (Å²) in [5.41, 5.74) is 0.950. The van der Waals surface area contributed by atoms with Crippen LogP contribution in [-0.2, 0) is 11.3 Å². The van der Waals surface area contributed by atoms with Crippen molar-refractivity contribution in [3.63, 3.8) is 0 Å². The van der Waals surface area contributed by atoms with Gasteiger partial charge in [-0.25, -0.2) is 4.39 Å². The highest BCUT2D eigenvalue weighted by atomic mass is 19.1. The van der Waals surface area contributed by atoms with Crippen molar-refractivity contribution in [2.45, 2.75) is 32.9 Å². The Kier molecular flexibility index (Phi) is 6.61. The molecule has 0 spiro atoms. The van der Waals surface area contributed by atoms with E-state index in [1.165, 1.54) is 24.3 Å². The van der Waals surface area contributed by atoms with E-state index in [0.29, 0.717) is 25.3 Å². The van der Waals surface area contributed by atoms with Gasteiger partial charge in [0.05, 0.1) is 6.61 Å². The van der Waals surface area contributed by atoms with E-state index in [9.17, 15) is 9.18 Å². The minimum Gasteiger partial charge on any atom is -0.494 e. The third-order valence-corrected chi connectivity index (χ3v) is 3.43. The Balaban J connectivity index is 1.91. The van der Waals surface area contributed by atoms with Gasteiger partial charge in [0, 0.05) is 6.54 Å². The van der Waals surface area contributed by atoms with Crippen molar-refractivity contribution in [2.24, 2.45) is 0 Å². The molecule has 0 heterocycles. The summed E-state index contributed by atoms with van der Waals surface area (Å²) in [4.78, 5) is 12.3. The van der Waals surface area contributed by atoms with Crippen LogP contribution in [0.3, 0.4) is 0 Å². The highest BCUT2D eigenvalue weighted by Gasteiger charge is 2.18. The molecule has 0 fully saturated rings. The number of nitrogens with one attached hydrogen (secondary N) is 1. The summed E-state index contributed by atoms with van der Waals surface area (Å²) in [5.74, 6) is 0.702. The molecule has 0 saturated carbocycles. The third-order valence-electron chi connectivity index (χ3n) is 3.43. The molecule has 0 aromatic heterocycles. The van der Waals surface area contributed by atoms with Gasteiger partial charge in [0.25, 0.3) is 5.91 Å². The summed E-state index contributed by atoms with van der Waals surface area (Å²) in [6.07, 6.45) is -0.104. The Hall–Kier alpha value is -2.56. The largest absolute Gasteiger partial charge is 0.494 e. The lowest BCUT2D eigenvalue weighted by atomic mass is 10.2. The van der Waals surface area contributed by atoms with Crippen LogP contribution in [0.25, 0.3) is 0 Å². The minimum atomic E-state index is -0.620. The van der Waals surface area contributed by atoms with Crippen molar-refractivity contribution in [1.29, 1.82) is 0 Å². The van der Waals surface area contributed by atoms with Gasteiger partial charge in [-0.3, -0.25) is 4.79 Å². The zero-order valence-corrected chi connectivity index (χ0v) is 13.9. The van der Waals surface area contributed by atoms with Crippen molar-refractivity contribution < 1.29 is 18.7 Å². The summed E-state index contributed by atoms with van der Waals surface area (Å²) in [7, 11) is 0. The van der Waals surface area contributed by atoms with Crippen LogP contribution in [0, 0.1) is 5.82 Å². The maximum atomic E-state index is 12.9. The van der Waals surface area contributed by atoms with Crippen molar-refractivity contribution in [3.8, 4) is 11.5 Å². The molecule has 1 N–H and O–H groups in total. The molecule has 2 aromatic rings. The lowest BCUT2D eigenvalue weighted by Gasteiger charge is -2.17. The molecule has 0 aliphatic rings. The van der Waals surface area contributed by atoms with Crippen molar-refractivity contribution in [2.75, 3.05) is 6.61 Å². The summed E-state index contributed by atoms with van der Waals surface area (Å²) in [6.45, 7) is 4.78. The number of hydrogen-bond donors (Lipinski definition) is 1. The number of rotatable bonds is 8.